The van der Waals surface area contributed by atoms with E-state index >= 15 is 0 Å². The lowest BCUT2D eigenvalue weighted by molar-refractivity contribution is -0.132. The minimum absolute atomic E-state index is 0.0102. The summed E-state index contributed by atoms with van der Waals surface area (Å²) in [6.07, 6.45) is 1.17. The Labute approximate surface area is 112 Å². The van der Waals surface area contributed by atoms with E-state index in [4.69, 9.17) is 5.73 Å². The van der Waals surface area contributed by atoms with E-state index in [-0.39, 0.29) is 17.9 Å². The lowest BCUT2D eigenvalue weighted by atomic mass is 10.0. The maximum atomic E-state index is 12.2. The molecule has 19 heavy (non-hydrogen) atoms. The maximum Gasteiger partial charge on any atom is 0.251 e. The summed E-state index contributed by atoms with van der Waals surface area (Å²) < 4.78 is 0. The molecule has 0 bridgehead atoms. The molecule has 0 spiro atoms. The number of likely N-dealkylation sites (N-methyl/N-ethyl adjacent to an activating group) is 1. The van der Waals surface area contributed by atoms with Crippen LogP contribution in [0.25, 0.3) is 0 Å². The van der Waals surface area contributed by atoms with Crippen LogP contribution in [0.4, 0.5) is 5.69 Å². The Hall–Kier alpha value is -2.04. The number of hydrogen-bond donors (Lipinski definition) is 2. The standard InChI is InChI=1S/C14H19N3O2/c1-9-11(4-3-5-12(9)15)14(19)16-10-6-7-13(18)17(2)8-10/h3-5,10H,6-8,15H2,1-2H3,(H,16,19). The molecule has 1 unspecified atom stereocenters. The summed E-state index contributed by atoms with van der Waals surface area (Å²) in [4.78, 5) is 25.2. The largest absolute Gasteiger partial charge is 0.398 e. The lowest BCUT2D eigenvalue weighted by Gasteiger charge is -2.30. The third-order valence-electron chi connectivity index (χ3n) is 3.58. The maximum absolute atomic E-state index is 12.2. The van der Waals surface area contributed by atoms with Crippen molar-refractivity contribution in [3.8, 4) is 0 Å². The van der Waals surface area contributed by atoms with Gasteiger partial charge in [0.15, 0.2) is 0 Å². The predicted molar refractivity (Wildman–Crippen MR) is 73.7 cm³/mol. The number of nitrogen functional groups attached to an aromatic ring is 1. The molecule has 0 aromatic heterocycles. The second-order valence-corrected chi connectivity index (χ2v) is 5.00. The van der Waals surface area contributed by atoms with Gasteiger partial charge in [-0.3, -0.25) is 9.59 Å². The minimum atomic E-state index is -0.127. The number of rotatable bonds is 2. The van der Waals surface area contributed by atoms with Gasteiger partial charge in [-0.25, -0.2) is 0 Å². The molecule has 102 valence electrons. The zero-order valence-electron chi connectivity index (χ0n) is 11.3. The zero-order valence-corrected chi connectivity index (χ0v) is 11.3. The van der Waals surface area contributed by atoms with Crippen molar-refractivity contribution in [3.63, 3.8) is 0 Å². The van der Waals surface area contributed by atoms with Crippen LogP contribution in [0.5, 0.6) is 0 Å². The molecule has 0 radical (unpaired) electrons. The monoisotopic (exact) mass is 261 g/mol. The fourth-order valence-electron chi connectivity index (χ4n) is 2.29. The first-order valence-corrected chi connectivity index (χ1v) is 6.39. The van der Waals surface area contributed by atoms with Gasteiger partial charge in [-0.2, -0.15) is 0 Å². The van der Waals surface area contributed by atoms with E-state index in [1.165, 1.54) is 0 Å². The van der Waals surface area contributed by atoms with Gasteiger partial charge in [0.2, 0.25) is 5.91 Å². The van der Waals surface area contributed by atoms with Gasteiger partial charge in [0.1, 0.15) is 0 Å². The number of hydrogen-bond acceptors (Lipinski definition) is 3. The van der Waals surface area contributed by atoms with Crippen molar-refractivity contribution in [2.45, 2.75) is 25.8 Å². The van der Waals surface area contributed by atoms with Gasteiger partial charge < -0.3 is 16.0 Å². The number of anilines is 1. The van der Waals surface area contributed by atoms with Crippen LogP contribution in [0.2, 0.25) is 0 Å². The highest BCUT2D eigenvalue weighted by atomic mass is 16.2. The van der Waals surface area contributed by atoms with Crippen molar-refractivity contribution >= 4 is 17.5 Å². The molecule has 3 N–H and O–H groups in total. The highest BCUT2D eigenvalue weighted by Crippen LogP contribution is 2.16. The molecule has 2 amide bonds. The summed E-state index contributed by atoms with van der Waals surface area (Å²) in [7, 11) is 1.76. The Morgan fingerprint density at radius 1 is 1.47 bits per heavy atom. The van der Waals surface area contributed by atoms with Crippen LogP contribution in [0.15, 0.2) is 18.2 Å². The average Bonchev–Trinajstić information content (AvgIpc) is 2.37. The quantitative estimate of drug-likeness (QED) is 0.778. The van der Waals surface area contributed by atoms with Crippen LogP contribution in [-0.4, -0.2) is 36.3 Å². The summed E-state index contributed by atoms with van der Waals surface area (Å²) in [6.45, 7) is 2.40. The molecular formula is C14H19N3O2. The van der Waals surface area contributed by atoms with E-state index in [9.17, 15) is 9.59 Å². The van der Waals surface area contributed by atoms with Crippen molar-refractivity contribution in [2.75, 3.05) is 19.3 Å². The third kappa shape index (κ3) is 2.86. The fraction of sp³-hybridized carbons (Fsp3) is 0.429. The summed E-state index contributed by atoms with van der Waals surface area (Å²) >= 11 is 0. The van der Waals surface area contributed by atoms with Gasteiger partial charge in [-0.1, -0.05) is 6.07 Å². The molecule has 1 fully saturated rings. The average molecular weight is 261 g/mol. The van der Waals surface area contributed by atoms with E-state index in [1.807, 2.05) is 6.92 Å². The first kappa shape index (κ1) is 13.4. The van der Waals surface area contributed by atoms with Crippen LogP contribution >= 0.6 is 0 Å². The number of nitrogens with two attached hydrogens (primary N) is 1. The van der Waals surface area contributed by atoms with E-state index in [1.54, 1.807) is 30.1 Å². The Morgan fingerprint density at radius 2 is 2.21 bits per heavy atom. The molecule has 1 atom stereocenters. The second-order valence-electron chi connectivity index (χ2n) is 5.00. The van der Waals surface area contributed by atoms with Crippen LogP contribution in [-0.2, 0) is 4.79 Å². The molecule has 0 saturated carbocycles. The number of nitrogens with zero attached hydrogens (tertiary/aromatic N) is 1. The lowest BCUT2D eigenvalue weighted by Crippen LogP contribution is -2.48. The third-order valence-corrected chi connectivity index (χ3v) is 3.58. The van der Waals surface area contributed by atoms with Gasteiger partial charge in [-0.05, 0) is 31.0 Å². The van der Waals surface area contributed by atoms with Gasteiger partial charge in [0.25, 0.3) is 5.91 Å². The number of piperidine rings is 1. The van der Waals surface area contributed by atoms with Crippen LogP contribution in [0.3, 0.4) is 0 Å². The van der Waals surface area contributed by atoms with Crippen molar-refractivity contribution < 1.29 is 9.59 Å². The Balaban J connectivity index is 2.05. The molecular weight excluding hydrogens is 242 g/mol. The highest BCUT2D eigenvalue weighted by Gasteiger charge is 2.24. The van der Waals surface area contributed by atoms with Gasteiger partial charge >= 0.3 is 0 Å². The normalized spacial score (nSPS) is 19.4. The SMILES string of the molecule is Cc1c(N)cccc1C(=O)NC1CCC(=O)N(C)C1. The van der Waals surface area contributed by atoms with Gasteiger partial charge in [0, 0.05) is 37.3 Å². The highest BCUT2D eigenvalue weighted by molar-refractivity contribution is 5.97. The van der Waals surface area contributed by atoms with E-state index in [0.29, 0.717) is 30.6 Å². The van der Waals surface area contributed by atoms with Crippen molar-refractivity contribution in [2.24, 2.45) is 0 Å². The summed E-state index contributed by atoms with van der Waals surface area (Å²) in [5, 5.41) is 2.97. The van der Waals surface area contributed by atoms with Crippen molar-refractivity contribution in [1.29, 1.82) is 0 Å². The van der Waals surface area contributed by atoms with E-state index < -0.39 is 0 Å². The Bertz CT molecular complexity index is 513. The minimum Gasteiger partial charge on any atom is -0.398 e. The first-order valence-electron chi connectivity index (χ1n) is 6.39. The fourth-order valence-corrected chi connectivity index (χ4v) is 2.29. The molecule has 0 aliphatic carbocycles. The summed E-state index contributed by atoms with van der Waals surface area (Å²) in [6, 6.07) is 5.32. The molecule has 1 aromatic rings. The number of nitrogens with one attached hydrogen (secondary N) is 1. The summed E-state index contributed by atoms with van der Waals surface area (Å²) in [5.74, 6) is 0.00295. The molecule has 2 rings (SSSR count). The second kappa shape index (κ2) is 5.30. The number of amides is 2. The summed E-state index contributed by atoms with van der Waals surface area (Å²) in [5.41, 5.74) is 7.80. The van der Waals surface area contributed by atoms with Crippen LogP contribution in [0, 0.1) is 6.92 Å². The molecule has 1 saturated heterocycles. The number of carbonyl (C=O) groups is 2. The smallest absolute Gasteiger partial charge is 0.251 e. The number of likely N-dealkylation sites (tertiary alicyclic amines) is 1. The Kier molecular flexibility index (Phi) is 3.74. The number of carbonyl (C=O) groups excluding carboxylic acids is 2. The number of benzene rings is 1. The molecule has 5 nitrogen and oxygen atoms in total. The van der Waals surface area contributed by atoms with Gasteiger partial charge in [-0.15, -0.1) is 0 Å². The molecule has 1 heterocycles. The molecule has 1 aliphatic rings. The Morgan fingerprint density at radius 3 is 2.89 bits per heavy atom. The van der Waals surface area contributed by atoms with Crippen molar-refractivity contribution in [1.82, 2.24) is 10.2 Å². The van der Waals surface area contributed by atoms with E-state index in [2.05, 4.69) is 5.32 Å². The van der Waals surface area contributed by atoms with Crippen molar-refractivity contribution in [3.05, 3.63) is 29.3 Å². The van der Waals surface area contributed by atoms with E-state index in [0.717, 1.165) is 5.56 Å². The zero-order chi connectivity index (χ0) is 14.0. The molecule has 1 aromatic carbocycles. The topological polar surface area (TPSA) is 75.4 Å². The van der Waals surface area contributed by atoms with Crippen LogP contribution in [0.1, 0.15) is 28.8 Å². The molecule has 1 aliphatic heterocycles. The van der Waals surface area contributed by atoms with Gasteiger partial charge in [0.05, 0.1) is 0 Å². The van der Waals surface area contributed by atoms with Crippen LogP contribution < -0.4 is 11.1 Å². The predicted octanol–water partition coefficient (Wildman–Crippen LogP) is 0.928. The first-order chi connectivity index (χ1) is 8.99. The molecule has 5 heteroatoms.